The lowest BCUT2D eigenvalue weighted by Gasteiger charge is -2.35. The number of methoxy groups -OCH3 is 2. The molecule has 64 heavy (non-hydrogen) atoms. The molecule has 2 aromatic heterocycles. The number of ether oxygens (including phenoxy) is 2. The van der Waals surface area contributed by atoms with Gasteiger partial charge < -0.3 is 9.47 Å². The number of carbonyl (C=O) groups is 1. The second-order valence-corrected chi connectivity index (χ2v) is 16.9. The number of ketones is 1. The van der Waals surface area contributed by atoms with E-state index in [4.69, 9.17) is 19.4 Å². The second-order valence-electron chi connectivity index (χ2n) is 15.1. The van der Waals surface area contributed by atoms with E-state index >= 15 is 22.4 Å². The standard InChI is InChI=1S/C53H38Br2F4N2O3/c1-63-52-41(27-35(29-60-52)31-19-23-37(54)24-20-31)45(33-11-5-3-6-12-33)47(39-15-9-17-43(56)49(39)58)51(62)48(40-16-10-18-44(57)50(40)59)46(34-13-7-4-8-14-34)42-28-36(30-61-53(42)64-2)32-21-25-38(55)26-22-32/h3-30,45-48H,1-2H3. The summed E-state index contributed by atoms with van der Waals surface area (Å²) >= 11 is 6.99. The number of benzene rings is 6. The Labute approximate surface area is 385 Å². The summed E-state index contributed by atoms with van der Waals surface area (Å²) in [6.45, 7) is 0. The van der Waals surface area contributed by atoms with E-state index in [2.05, 4.69) is 31.9 Å². The highest BCUT2D eigenvalue weighted by Gasteiger charge is 2.45. The van der Waals surface area contributed by atoms with E-state index in [0.29, 0.717) is 33.4 Å². The van der Waals surface area contributed by atoms with Crippen molar-refractivity contribution in [3.8, 4) is 34.0 Å². The number of Topliss-reactive ketones (excluding diaryl/α,β-unsaturated/α-hetero) is 1. The lowest BCUT2D eigenvalue weighted by Crippen LogP contribution is -2.32. The summed E-state index contributed by atoms with van der Waals surface area (Å²) < 4.78 is 78.7. The number of nitrogens with zero attached hydrogens (tertiary/aromatic N) is 2. The first-order valence-electron chi connectivity index (χ1n) is 20.2. The number of rotatable bonds is 14. The van der Waals surface area contributed by atoms with Gasteiger partial charge in [-0.25, -0.2) is 27.5 Å². The van der Waals surface area contributed by atoms with Crippen LogP contribution < -0.4 is 9.47 Å². The average molecular weight is 987 g/mol. The van der Waals surface area contributed by atoms with Crippen molar-refractivity contribution < 1.29 is 31.8 Å². The molecule has 0 aliphatic heterocycles. The molecular weight excluding hydrogens is 948 g/mol. The van der Waals surface area contributed by atoms with E-state index in [0.717, 1.165) is 32.2 Å². The summed E-state index contributed by atoms with van der Waals surface area (Å²) in [7, 11) is 2.86. The summed E-state index contributed by atoms with van der Waals surface area (Å²) in [4.78, 5) is 26.0. The molecule has 8 aromatic rings. The van der Waals surface area contributed by atoms with Crippen molar-refractivity contribution in [2.24, 2.45) is 0 Å². The maximum absolute atomic E-state index is 16.9. The van der Waals surface area contributed by atoms with Crippen LogP contribution in [-0.4, -0.2) is 30.0 Å². The predicted octanol–water partition coefficient (Wildman–Crippen LogP) is 14.0. The molecule has 0 aliphatic rings. The molecule has 4 atom stereocenters. The third-order valence-corrected chi connectivity index (χ3v) is 12.5. The summed E-state index contributed by atoms with van der Waals surface area (Å²) in [5.74, 6) is -11.0. The minimum absolute atomic E-state index is 0.116. The topological polar surface area (TPSA) is 61.3 Å². The van der Waals surface area contributed by atoms with Crippen LogP contribution >= 0.6 is 31.9 Å². The van der Waals surface area contributed by atoms with Crippen LogP contribution in [0.1, 0.15) is 57.1 Å². The fourth-order valence-corrected chi connectivity index (χ4v) is 8.99. The largest absolute Gasteiger partial charge is 0.481 e. The maximum Gasteiger partial charge on any atom is 0.216 e. The van der Waals surface area contributed by atoms with Crippen molar-refractivity contribution in [2.45, 2.75) is 23.7 Å². The second kappa shape index (κ2) is 19.5. The molecule has 4 unspecified atom stereocenters. The Morgan fingerprint density at radius 1 is 0.469 bits per heavy atom. The molecule has 0 aliphatic carbocycles. The molecule has 0 bridgehead atoms. The van der Waals surface area contributed by atoms with Crippen molar-refractivity contribution in [3.05, 3.63) is 236 Å². The molecule has 6 aromatic carbocycles. The van der Waals surface area contributed by atoms with Gasteiger partial charge in [-0.15, -0.1) is 0 Å². The van der Waals surface area contributed by atoms with Crippen LogP contribution in [0.5, 0.6) is 11.8 Å². The lowest BCUT2D eigenvalue weighted by atomic mass is 9.66. The fraction of sp³-hybridized carbons (Fsp3) is 0.113. The number of pyridine rings is 2. The first kappa shape index (κ1) is 44.2. The third-order valence-electron chi connectivity index (χ3n) is 11.4. The first-order chi connectivity index (χ1) is 31.1. The van der Waals surface area contributed by atoms with Crippen LogP contribution in [0.3, 0.4) is 0 Å². The number of hydrogen-bond acceptors (Lipinski definition) is 5. The van der Waals surface area contributed by atoms with Crippen molar-refractivity contribution >= 4 is 37.6 Å². The van der Waals surface area contributed by atoms with Crippen molar-refractivity contribution in [3.63, 3.8) is 0 Å². The molecule has 0 saturated heterocycles. The molecule has 320 valence electrons. The van der Waals surface area contributed by atoms with Crippen LogP contribution in [0.4, 0.5) is 17.6 Å². The predicted molar refractivity (Wildman–Crippen MR) is 248 cm³/mol. The van der Waals surface area contributed by atoms with Crippen LogP contribution in [0.25, 0.3) is 22.3 Å². The number of carbonyl (C=O) groups excluding carboxylic acids is 1. The molecule has 0 amide bonds. The number of hydrogen-bond donors (Lipinski definition) is 0. The van der Waals surface area contributed by atoms with E-state index in [1.165, 1.54) is 38.5 Å². The van der Waals surface area contributed by atoms with Gasteiger partial charge in [0.25, 0.3) is 0 Å². The summed E-state index contributed by atoms with van der Waals surface area (Å²) in [5.41, 5.74) is 3.99. The molecule has 0 N–H and O–H groups in total. The van der Waals surface area contributed by atoms with Gasteiger partial charge in [0, 0.05) is 66.6 Å². The van der Waals surface area contributed by atoms with Gasteiger partial charge in [0.2, 0.25) is 11.8 Å². The lowest BCUT2D eigenvalue weighted by molar-refractivity contribution is -0.122. The molecule has 0 spiro atoms. The Kier molecular flexibility index (Phi) is 13.5. The molecule has 8 rings (SSSR count). The Bertz CT molecular complexity index is 2720. The van der Waals surface area contributed by atoms with Gasteiger partial charge in [0.1, 0.15) is 5.78 Å². The highest BCUT2D eigenvalue weighted by atomic mass is 79.9. The zero-order valence-electron chi connectivity index (χ0n) is 34.4. The molecule has 0 fully saturated rings. The van der Waals surface area contributed by atoms with Gasteiger partial charge >= 0.3 is 0 Å². The molecule has 0 radical (unpaired) electrons. The average Bonchev–Trinajstić information content (AvgIpc) is 3.32. The van der Waals surface area contributed by atoms with Gasteiger partial charge in [-0.3, -0.25) is 4.79 Å². The zero-order valence-corrected chi connectivity index (χ0v) is 37.5. The Morgan fingerprint density at radius 3 is 1.20 bits per heavy atom. The Hall–Kier alpha value is -6.43. The molecule has 5 nitrogen and oxygen atoms in total. The minimum atomic E-state index is -1.62. The molecule has 2 heterocycles. The van der Waals surface area contributed by atoms with Crippen LogP contribution in [-0.2, 0) is 4.79 Å². The van der Waals surface area contributed by atoms with Gasteiger partial charge in [-0.05, 0) is 70.8 Å². The van der Waals surface area contributed by atoms with Gasteiger partial charge in [0.05, 0.1) is 26.1 Å². The van der Waals surface area contributed by atoms with Gasteiger partial charge in [-0.1, -0.05) is 141 Å². The Balaban J connectivity index is 1.46. The summed E-state index contributed by atoms with van der Waals surface area (Å²) in [6, 6.07) is 43.7. The van der Waals surface area contributed by atoms with E-state index < -0.39 is 52.7 Å². The van der Waals surface area contributed by atoms with Gasteiger partial charge in [-0.2, -0.15) is 0 Å². The Morgan fingerprint density at radius 2 is 0.844 bits per heavy atom. The van der Waals surface area contributed by atoms with E-state index in [-0.39, 0.29) is 22.9 Å². The normalized spacial score (nSPS) is 13.1. The molecule has 0 saturated carbocycles. The zero-order chi connectivity index (χ0) is 44.9. The number of aromatic nitrogens is 2. The van der Waals surface area contributed by atoms with E-state index in [1.54, 1.807) is 73.1 Å². The summed E-state index contributed by atoms with van der Waals surface area (Å²) in [5, 5.41) is 0. The van der Waals surface area contributed by atoms with Crippen LogP contribution in [0.15, 0.2) is 179 Å². The molecular formula is C53H38Br2F4N2O3. The van der Waals surface area contributed by atoms with Gasteiger partial charge in [0.15, 0.2) is 23.3 Å². The monoisotopic (exact) mass is 984 g/mol. The fourth-order valence-electron chi connectivity index (χ4n) is 8.46. The van der Waals surface area contributed by atoms with Crippen molar-refractivity contribution in [2.75, 3.05) is 14.2 Å². The van der Waals surface area contributed by atoms with E-state index in [1.807, 2.05) is 60.7 Å². The third kappa shape index (κ3) is 9.00. The van der Waals surface area contributed by atoms with Crippen LogP contribution in [0, 0.1) is 23.3 Å². The van der Waals surface area contributed by atoms with Crippen molar-refractivity contribution in [1.82, 2.24) is 9.97 Å². The highest BCUT2D eigenvalue weighted by Crippen LogP contribution is 2.51. The first-order valence-corrected chi connectivity index (χ1v) is 21.8. The maximum atomic E-state index is 16.9. The van der Waals surface area contributed by atoms with Crippen molar-refractivity contribution in [1.29, 1.82) is 0 Å². The highest BCUT2D eigenvalue weighted by molar-refractivity contribution is 9.10. The SMILES string of the molecule is COc1ncc(-c2ccc(Br)cc2)cc1C(c1ccccc1)C(C(=O)C(c1cccc(F)c1F)C(c1ccccc1)c1cc(-c2ccc(Br)cc2)cnc1OC)c1cccc(F)c1F. The molecule has 11 heteroatoms. The van der Waals surface area contributed by atoms with E-state index in [9.17, 15) is 0 Å². The number of halogens is 6. The smallest absolute Gasteiger partial charge is 0.216 e. The quantitative estimate of drug-likeness (QED) is 0.102. The van der Waals surface area contributed by atoms with Crippen LogP contribution in [0.2, 0.25) is 0 Å². The summed E-state index contributed by atoms with van der Waals surface area (Å²) in [6.07, 6.45) is 3.25. The minimum Gasteiger partial charge on any atom is -0.481 e.